The second-order valence-corrected chi connectivity index (χ2v) is 8.88. The van der Waals surface area contributed by atoms with Crippen molar-refractivity contribution < 1.29 is 24.2 Å². The number of esters is 1. The van der Waals surface area contributed by atoms with E-state index in [4.69, 9.17) is 4.74 Å². The van der Waals surface area contributed by atoms with Crippen molar-refractivity contribution >= 4 is 29.6 Å². The Morgan fingerprint density at radius 3 is 2.29 bits per heavy atom. The lowest BCUT2D eigenvalue weighted by atomic mass is 9.76. The predicted molar refractivity (Wildman–Crippen MR) is 116 cm³/mol. The monoisotopic (exact) mass is 437 g/mol. The molecule has 2 aromatic carbocycles. The van der Waals surface area contributed by atoms with Crippen molar-refractivity contribution in [3.63, 3.8) is 0 Å². The van der Waals surface area contributed by atoms with Crippen LogP contribution in [0.1, 0.15) is 19.4 Å². The molecule has 2 aliphatic rings. The normalized spacial score (nSPS) is 23.2. The maximum Gasteiger partial charge on any atom is 0.353 e. The Morgan fingerprint density at radius 1 is 1.10 bits per heavy atom. The number of rotatable bonds is 7. The number of carbonyl (C=O) groups excluding carboxylic acids is 2. The number of amides is 1. The summed E-state index contributed by atoms with van der Waals surface area (Å²) in [5, 5.41) is 10.0. The van der Waals surface area contributed by atoms with Gasteiger partial charge < -0.3 is 14.7 Å². The molecule has 0 aromatic heterocycles. The number of hydrogen-bond donors (Lipinski definition) is 1. The highest BCUT2D eigenvalue weighted by molar-refractivity contribution is 8.03. The van der Waals surface area contributed by atoms with Crippen LogP contribution < -0.4 is 0 Å². The molecule has 7 heteroatoms. The Bertz CT molecular complexity index is 1040. The van der Waals surface area contributed by atoms with Crippen LogP contribution in [-0.2, 0) is 25.5 Å². The van der Waals surface area contributed by atoms with Gasteiger partial charge >= 0.3 is 11.9 Å². The number of carboxylic acid groups (broad SMARTS) is 1. The van der Waals surface area contributed by atoms with Crippen LogP contribution in [-0.4, -0.2) is 40.0 Å². The number of carbonyl (C=O) groups is 3. The van der Waals surface area contributed by atoms with E-state index in [-0.39, 0.29) is 23.6 Å². The third kappa shape index (κ3) is 3.97. The number of β-lactam (4-membered cyclic amide) rings is 1. The molecule has 31 heavy (non-hydrogen) atoms. The van der Waals surface area contributed by atoms with Gasteiger partial charge in [-0.1, -0.05) is 60.3 Å². The number of nitrogens with zero attached hydrogens (tertiary/aromatic N) is 1. The average molecular weight is 438 g/mol. The molecule has 2 aliphatic heterocycles. The lowest BCUT2D eigenvalue weighted by Crippen LogP contribution is -2.64. The van der Waals surface area contributed by atoms with E-state index in [0.29, 0.717) is 11.3 Å². The first-order valence-corrected chi connectivity index (χ1v) is 10.9. The fraction of sp³-hybridized carbons (Fsp3) is 0.292. The van der Waals surface area contributed by atoms with Gasteiger partial charge in [-0.05, 0) is 31.0 Å². The van der Waals surface area contributed by atoms with E-state index in [2.05, 4.69) is 0 Å². The summed E-state index contributed by atoms with van der Waals surface area (Å²) in [6.45, 7) is 3.01. The third-order valence-corrected chi connectivity index (χ3v) is 6.97. The summed E-state index contributed by atoms with van der Waals surface area (Å²) in [6.07, 6.45) is -0.0366. The van der Waals surface area contributed by atoms with Crippen LogP contribution in [0.4, 0.5) is 0 Å². The maximum absolute atomic E-state index is 13.0. The molecule has 1 N–H and O–H groups in total. The first-order valence-electron chi connectivity index (χ1n) is 10.1. The highest BCUT2D eigenvalue weighted by atomic mass is 32.2. The van der Waals surface area contributed by atoms with Crippen molar-refractivity contribution in [2.45, 2.75) is 37.3 Å². The fourth-order valence-electron chi connectivity index (χ4n) is 4.51. The van der Waals surface area contributed by atoms with Crippen LogP contribution in [0.2, 0.25) is 0 Å². The number of ether oxygens (including phenoxy) is 1. The number of thioether (sulfide) groups is 1. The maximum atomic E-state index is 13.0. The van der Waals surface area contributed by atoms with Crippen LogP contribution >= 0.6 is 11.8 Å². The number of fused-ring (bicyclic) bond motifs is 1. The minimum Gasteiger partial charge on any atom is -0.477 e. The van der Waals surface area contributed by atoms with E-state index >= 15 is 0 Å². The van der Waals surface area contributed by atoms with E-state index in [1.807, 2.05) is 60.7 Å². The van der Waals surface area contributed by atoms with Crippen molar-refractivity contribution in [1.82, 2.24) is 4.90 Å². The van der Waals surface area contributed by atoms with Crippen LogP contribution in [0.3, 0.4) is 0 Å². The van der Waals surface area contributed by atoms with Crippen LogP contribution in [0, 0.1) is 11.8 Å². The topological polar surface area (TPSA) is 83.9 Å². The zero-order valence-electron chi connectivity index (χ0n) is 17.2. The SMILES string of the molecule is CC(=O)OC(C)C1C(=O)N2C(C(=O)O)=C(Sc3ccccc3)C(Cc3ccccc3)C12. The molecule has 1 saturated heterocycles. The Morgan fingerprint density at radius 2 is 1.71 bits per heavy atom. The van der Waals surface area contributed by atoms with Crippen molar-refractivity contribution in [3.05, 3.63) is 76.8 Å². The Labute approximate surface area is 184 Å². The van der Waals surface area contributed by atoms with E-state index in [1.54, 1.807) is 6.92 Å². The zero-order valence-corrected chi connectivity index (χ0v) is 18.0. The number of hydrogen-bond acceptors (Lipinski definition) is 5. The van der Waals surface area contributed by atoms with Gasteiger partial charge in [-0.2, -0.15) is 0 Å². The molecule has 0 radical (unpaired) electrons. The van der Waals surface area contributed by atoms with Crippen LogP contribution in [0.5, 0.6) is 0 Å². The molecule has 0 aliphatic carbocycles. The highest BCUT2D eigenvalue weighted by Crippen LogP contribution is 2.53. The summed E-state index contributed by atoms with van der Waals surface area (Å²) in [5.74, 6) is -2.66. The average Bonchev–Trinajstić information content (AvgIpc) is 2.99. The first-order chi connectivity index (χ1) is 14.9. The second kappa shape index (κ2) is 8.59. The molecule has 4 unspecified atom stereocenters. The molecule has 160 valence electrons. The van der Waals surface area contributed by atoms with Gasteiger partial charge in [0.15, 0.2) is 0 Å². The quantitative estimate of drug-likeness (QED) is 0.525. The smallest absolute Gasteiger partial charge is 0.353 e. The molecule has 4 atom stereocenters. The first kappa shape index (κ1) is 21.2. The van der Waals surface area contributed by atoms with Gasteiger partial charge in [-0.3, -0.25) is 9.59 Å². The molecule has 4 rings (SSSR count). The van der Waals surface area contributed by atoms with Crippen LogP contribution in [0.25, 0.3) is 0 Å². The van der Waals surface area contributed by atoms with Gasteiger partial charge in [-0.25, -0.2) is 4.79 Å². The van der Waals surface area contributed by atoms with Crippen molar-refractivity contribution in [2.24, 2.45) is 11.8 Å². The second-order valence-electron chi connectivity index (χ2n) is 7.77. The Balaban J connectivity index is 1.75. The van der Waals surface area contributed by atoms with E-state index in [9.17, 15) is 19.5 Å². The summed E-state index contributed by atoms with van der Waals surface area (Å²) >= 11 is 1.39. The molecule has 2 heterocycles. The molecule has 0 bridgehead atoms. The highest BCUT2D eigenvalue weighted by Gasteiger charge is 2.62. The molecular formula is C24H23NO5S. The van der Waals surface area contributed by atoms with Gasteiger partial charge in [0.1, 0.15) is 11.8 Å². The summed E-state index contributed by atoms with van der Waals surface area (Å²) < 4.78 is 5.32. The largest absolute Gasteiger partial charge is 0.477 e. The van der Waals surface area contributed by atoms with Gasteiger partial charge in [0.2, 0.25) is 5.91 Å². The standard InChI is InChI=1S/C24H23NO5S/c1-14(30-15(2)26)19-20-18(13-16-9-5-3-6-10-16)22(31-17-11-7-4-8-12-17)21(24(28)29)25(20)23(19)27/h3-12,14,18-20H,13H2,1-2H3,(H,28,29). The van der Waals surface area contributed by atoms with Gasteiger partial charge in [0, 0.05) is 22.6 Å². The van der Waals surface area contributed by atoms with E-state index in [0.717, 1.165) is 10.5 Å². The molecule has 6 nitrogen and oxygen atoms in total. The van der Waals surface area contributed by atoms with Crippen molar-refractivity contribution in [1.29, 1.82) is 0 Å². The van der Waals surface area contributed by atoms with E-state index in [1.165, 1.54) is 23.6 Å². The number of carboxylic acids is 1. The van der Waals surface area contributed by atoms with E-state index < -0.39 is 24.0 Å². The summed E-state index contributed by atoms with van der Waals surface area (Å²) in [5.41, 5.74) is 1.10. The lowest BCUT2D eigenvalue weighted by Gasteiger charge is -2.47. The molecule has 2 aromatic rings. The van der Waals surface area contributed by atoms with Gasteiger partial charge in [0.25, 0.3) is 0 Å². The lowest BCUT2D eigenvalue weighted by molar-refractivity contribution is -0.171. The van der Waals surface area contributed by atoms with Crippen LogP contribution in [0.15, 0.2) is 76.2 Å². The zero-order chi connectivity index (χ0) is 22.1. The molecule has 1 amide bonds. The number of aliphatic carboxylic acids is 1. The predicted octanol–water partition coefficient (Wildman–Crippen LogP) is 3.73. The van der Waals surface area contributed by atoms with Gasteiger partial charge in [-0.15, -0.1) is 0 Å². The minimum atomic E-state index is -1.12. The molecule has 0 saturated carbocycles. The molecular weight excluding hydrogens is 414 g/mol. The fourth-order valence-corrected chi connectivity index (χ4v) is 5.72. The number of benzene rings is 2. The third-order valence-electron chi connectivity index (χ3n) is 5.74. The minimum absolute atomic E-state index is 0.0380. The van der Waals surface area contributed by atoms with Gasteiger partial charge in [0.05, 0.1) is 12.0 Å². The van der Waals surface area contributed by atoms with Crippen molar-refractivity contribution in [2.75, 3.05) is 0 Å². The Kier molecular flexibility index (Phi) is 5.87. The van der Waals surface area contributed by atoms with Crippen molar-refractivity contribution in [3.8, 4) is 0 Å². The summed E-state index contributed by atoms with van der Waals surface area (Å²) in [7, 11) is 0. The molecule has 0 spiro atoms. The summed E-state index contributed by atoms with van der Waals surface area (Å²) in [4.78, 5) is 39.7. The summed E-state index contributed by atoms with van der Waals surface area (Å²) in [6, 6.07) is 19.0. The molecule has 1 fully saturated rings. The Hall–Kier alpha value is -3.06.